The van der Waals surface area contributed by atoms with Gasteiger partial charge >= 0.3 is 0 Å². The Morgan fingerprint density at radius 3 is 2.73 bits per heavy atom. The zero-order valence-corrected chi connectivity index (χ0v) is 5.79. The van der Waals surface area contributed by atoms with E-state index in [0.717, 1.165) is 5.56 Å². The van der Waals surface area contributed by atoms with E-state index in [0.29, 0.717) is 10.8 Å². The minimum Gasteiger partial charge on any atom is -0.507 e. The monoisotopic (exact) mass is 146 g/mol. The third-order valence-corrected chi connectivity index (χ3v) is 1.83. The highest BCUT2D eigenvalue weighted by Crippen LogP contribution is 2.29. The van der Waals surface area contributed by atoms with Crippen molar-refractivity contribution in [3.8, 4) is 5.75 Å². The molecule has 11 heavy (non-hydrogen) atoms. The highest BCUT2D eigenvalue weighted by Gasteiger charge is 2.18. The molecule has 1 N–H and O–H groups in total. The fraction of sp³-hybridized carbons (Fsp3) is 0. The second-order valence-corrected chi connectivity index (χ2v) is 2.46. The second-order valence-electron chi connectivity index (χ2n) is 2.46. The molecular weight excluding hydrogens is 140 g/mol. The molecule has 0 bridgehead atoms. The first kappa shape index (κ1) is 6.16. The Morgan fingerprint density at radius 2 is 2.09 bits per heavy atom. The van der Waals surface area contributed by atoms with Gasteiger partial charge in [0.1, 0.15) is 5.75 Å². The van der Waals surface area contributed by atoms with Crippen LogP contribution in [0.2, 0.25) is 0 Å². The average Bonchev–Trinajstić information content (AvgIpc) is 2.65. The standard InChI is InChI=1S/C9H6O2/c1-2-5-3-4-6(10)8-7(5)9(8)11/h2-4,10H,1H2. The summed E-state index contributed by atoms with van der Waals surface area (Å²) in [4.78, 5) is 10.9. The Bertz CT molecular complexity index is 445. The lowest BCUT2D eigenvalue weighted by atomic mass is 10.2. The van der Waals surface area contributed by atoms with E-state index >= 15 is 0 Å². The van der Waals surface area contributed by atoms with Crippen LogP contribution < -0.4 is 5.43 Å². The van der Waals surface area contributed by atoms with Gasteiger partial charge in [-0.25, -0.2) is 0 Å². The summed E-state index contributed by atoms with van der Waals surface area (Å²) in [5.41, 5.74) is 0.755. The van der Waals surface area contributed by atoms with E-state index in [-0.39, 0.29) is 11.2 Å². The Morgan fingerprint density at radius 1 is 1.36 bits per heavy atom. The van der Waals surface area contributed by atoms with Crippen LogP contribution in [0.15, 0.2) is 23.5 Å². The Labute approximate surface area is 63.1 Å². The van der Waals surface area contributed by atoms with Crippen molar-refractivity contribution < 1.29 is 5.11 Å². The molecular formula is C9H6O2. The summed E-state index contributed by atoms with van der Waals surface area (Å²) in [6.45, 7) is 3.56. The highest BCUT2D eigenvalue weighted by atomic mass is 16.3. The van der Waals surface area contributed by atoms with E-state index in [4.69, 9.17) is 5.11 Å². The molecule has 0 saturated heterocycles. The minimum atomic E-state index is -0.0533. The number of fused-ring (bicyclic) bond motifs is 1. The van der Waals surface area contributed by atoms with Crippen LogP contribution >= 0.6 is 0 Å². The van der Waals surface area contributed by atoms with Gasteiger partial charge < -0.3 is 5.11 Å². The van der Waals surface area contributed by atoms with Crippen LogP contribution in [0.4, 0.5) is 0 Å². The quantitative estimate of drug-likeness (QED) is 0.660. The summed E-state index contributed by atoms with van der Waals surface area (Å²) in [5.74, 6) is 0.0793. The van der Waals surface area contributed by atoms with Crippen LogP contribution in [0.3, 0.4) is 0 Å². The summed E-state index contributed by atoms with van der Waals surface area (Å²) >= 11 is 0. The number of hydrogen-bond donors (Lipinski definition) is 1. The Balaban J connectivity index is 2.88. The minimum absolute atomic E-state index is 0.0533. The second kappa shape index (κ2) is 1.72. The third kappa shape index (κ3) is 0.635. The predicted molar refractivity (Wildman–Crippen MR) is 44.3 cm³/mol. The maximum atomic E-state index is 10.9. The molecule has 0 unspecified atom stereocenters. The molecule has 0 aliphatic carbocycles. The summed E-state index contributed by atoms with van der Waals surface area (Å²) < 4.78 is 0. The van der Waals surface area contributed by atoms with Gasteiger partial charge in [-0.2, -0.15) is 0 Å². The zero-order chi connectivity index (χ0) is 8.01. The number of rotatable bonds is 1. The van der Waals surface area contributed by atoms with E-state index in [2.05, 4.69) is 6.58 Å². The summed E-state index contributed by atoms with van der Waals surface area (Å²) in [5, 5.41) is 10.2. The van der Waals surface area contributed by atoms with Crippen LogP contribution in [0, 0.1) is 0 Å². The van der Waals surface area contributed by atoms with Crippen molar-refractivity contribution in [3.63, 3.8) is 0 Å². The van der Waals surface area contributed by atoms with Crippen LogP contribution in [0.25, 0.3) is 16.8 Å². The van der Waals surface area contributed by atoms with Crippen molar-refractivity contribution in [2.75, 3.05) is 0 Å². The molecule has 54 valence electrons. The fourth-order valence-electron chi connectivity index (χ4n) is 1.20. The van der Waals surface area contributed by atoms with Crippen LogP contribution in [0.5, 0.6) is 5.75 Å². The lowest BCUT2D eigenvalue weighted by Gasteiger charge is -1.88. The van der Waals surface area contributed by atoms with E-state index < -0.39 is 0 Å². The van der Waals surface area contributed by atoms with Crippen molar-refractivity contribution >= 4 is 16.8 Å². The zero-order valence-electron chi connectivity index (χ0n) is 5.79. The molecule has 0 amide bonds. The number of phenols is 1. The Hall–Kier alpha value is -1.57. The normalized spacial score (nSPS) is 10.9. The molecule has 0 aliphatic rings. The lowest BCUT2D eigenvalue weighted by Crippen LogP contribution is -1.70. The number of benzene rings is 1. The van der Waals surface area contributed by atoms with Gasteiger partial charge in [0.15, 0.2) is 5.43 Å². The molecule has 0 spiro atoms. The van der Waals surface area contributed by atoms with Gasteiger partial charge in [0.2, 0.25) is 0 Å². The van der Waals surface area contributed by atoms with Gasteiger partial charge in [0.25, 0.3) is 0 Å². The maximum Gasteiger partial charge on any atom is 0.199 e. The molecule has 2 rings (SSSR count). The summed E-state index contributed by atoms with van der Waals surface area (Å²) in [6.07, 6.45) is 1.61. The van der Waals surface area contributed by atoms with E-state index in [9.17, 15) is 4.79 Å². The molecule has 0 fully saturated rings. The van der Waals surface area contributed by atoms with E-state index in [1.165, 1.54) is 6.07 Å². The molecule has 2 aromatic carbocycles. The molecule has 0 heterocycles. The number of phenolic OH excluding ortho intramolecular Hbond substituents is 1. The van der Waals surface area contributed by atoms with Gasteiger partial charge in [0.05, 0.1) is 5.39 Å². The third-order valence-electron chi connectivity index (χ3n) is 1.83. The van der Waals surface area contributed by atoms with Crippen LogP contribution in [-0.4, -0.2) is 5.11 Å². The Kier molecular flexibility index (Phi) is 0.965. The molecule has 2 heteroatoms. The average molecular weight is 146 g/mol. The van der Waals surface area contributed by atoms with Gasteiger partial charge in [-0.15, -0.1) is 0 Å². The molecule has 0 aromatic heterocycles. The molecule has 2 aromatic rings. The predicted octanol–water partition coefficient (Wildman–Crippen LogP) is 1.42. The lowest BCUT2D eigenvalue weighted by molar-refractivity contribution is 0.482. The van der Waals surface area contributed by atoms with Crippen molar-refractivity contribution in [2.24, 2.45) is 0 Å². The van der Waals surface area contributed by atoms with Gasteiger partial charge in [0, 0.05) is 5.39 Å². The molecule has 0 radical (unpaired) electrons. The van der Waals surface area contributed by atoms with E-state index in [1.807, 2.05) is 0 Å². The number of aromatic hydroxyl groups is 1. The van der Waals surface area contributed by atoms with E-state index in [1.54, 1.807) is 12.1 Å². The largest absolute Gasteiger partial charge is 0.507 e. The first-order valence-electron chi connectivity index (χ1n) is 3.29. The van der Waals surface area contributed by atoms with Crippen molar-refractivity contribution in [3.05, 3.63) is 34.5 Å². The van der Waals surface area contributed by atoms with Crippen molar-refractivity contribution in [1.29, 1.82) is 0 Å². The molecule has 0 atom stereocenters. The highest BCUT2D eigenvalue weighted by molar-refractivity contribution is 6.06. The molecule has 2 nitrogen and oxygen atoms in total. The SMILES string of the molecule is C=Cc1ccc(O)c2c(=O)c12. The first-order valence-corrected chi connectivity index (χ1v) is 3.29. The fourth-order valence-corrected chi connectivity index (χ4v) is 1.20. The van der Waals surface area contributed by atoms with Gasteiger partial charge in [-0.3, -0.25) is 4.79 Å². The van der Waals surface area contributed by atoms with Gasteiger partial charge in [-0.05, 0) is 11.6 Å². The van der Waals surface area contributed by atoms with Crippen molar-refractivity contribution in [2.45, 2.75) is 0 Å². The molecule has 0 aliphatic heterocycles. The molecule has 0 saturated carbocycles. The van der Waals surface area contributed by atoms with Crippen LogP contribution in [0.1, 0.15) is 5.56 Å². The maximum absolute atomic E-state index is 10.9. The topological polar surface area (TPSA) is 37.3 Å². The van der Waals surface area contributed by atoms with Gasteiger partial charge in [-0.1, -0.05) is 18.7 Å². The summed E-state index contributed by atoms with van der Waals surface area (Å²) in [6, 6.07) is 3.20. The summed E-state index contributed by atoms with van der Waals surface area (Å²) in [7, 11) is 0. The van der Waals surface area contributed by atoms with Crippen LogP contribution in [-0.2, 0) is 0 Å². The first-order chi connectivity index (χ1) is 5.25. The smallest absolute Gasteiger partial charge is 0.199 e. The van der Waals surface area contributed by atoms with Crippen molar-refractivity contribution in [1.82, 2.24) is 0 Å². The number of hydrogen-bond acceptors (Lipinski definition) is 2.